The van der Waals surface area contributed by atoms with Crippen LogP contribution in [-0.4, -0.2) is 85.9 Å². The van der Waals surface area contributed by atoms with Crippen LogP contribution >= 0.6 is 0 Å². The Labute approximate surface area is 220 Å². The molecule has 0 aliphatic carbocycles. The standard InChI is InChI=1S/C26H33FN6O5/c1-35-12-3-9-29-26-30-10-8-20(31-26)24-23(17-4-6-19(27)7-5-17)32-21(33-24)14-22-37-15-18(16-38-22)25(34)28-11-13-36-2/h4-8,10,18,22H,3,9,11-16H2,1-2H3,(H,28,34)(H,32,33)(H,29,30,31). The molecule has 1 aliphatic rings. The highest BCUT2D eigenvalue weighted by molar-refractivity contribution is 5.79. The molecule has 1 amide bonds. The van der Waals surface area contributed by atoms with Gasteiger partial charge in [0.2, 0.25) is 11.9 Å². The van der Waals surface area contributed by atoms with Crippen molar-refractivity contribution in [3.05, 3.63) is 48.2 Å². The fourth-order valence-electron chi connectivity index (χ4n) is 3.91. The van der Waals surface area contributed by atoms with Gasteiger partial charge in [0, 0.05) is 45.7 Å². The highest BCUT2D eigenvalue weighted by Gasteiger charge is 2.28. The van der Waals surface area contributed by atoms with Crippen molar-refractivity contribution in [1.29, 1.82) is 0 Å². The highest BCUT2D eigenvalue weighted by Crippen LogP contribution is 2.30. The molecular weight excluding hydrogens is 495 g/mol. The molecule has 3 aromatic rings. The van der Waals surface area contributed by atoms with E-state index >= 15 is 0 Å². The number of imidazole rings is 1. The number of nitrogens with zero attached hydrogens (tertiary/aromatic N) is 3. The number of benzene rings is 1. The lowest BCUT2D eigenvalue weighted by Gasteiger charge is -2.28. The van der Waals surface area contributed by atoms with Gasteiger partial charge < -0.3 is 34.6 Å². The second-order valence-electron chi connectivity index (χ2n) is 8.73. The van der Waals surface area contributed by atoms with Crippen molar-refractivity contribution >= 4 is 11.9 Å². The number of ether oxygens (including phenoxy) is 4. The summed E-state index contributed by atoms with van der Waals surface area (Å²) in [5, 5.41) is 5.99. The van der Waals surface area contributed by atoms with Gasteiger partial charge in [-0.05, 0) is 36.8 Å². The summed E-state index contributed by atoms with van der Waals surface area (Å²) in [6.45, 7) is 2.66. The molecule has 3 N–H and O–H groups in total. The van der Waals surface area contributed by atoms with Crippen LogP contribution in [-0.2, 0) is 30.2 Å². The first kappa shape index (κ1) is 27.6. The molecule has 4 rings (SSSR count). The first-order valence-corrected chi connectivity index (χ1v) is 12.5. The Bertz CT molecular complexity index is 1170. The second-order valence-corrected chi connectivity index (χ2v) is 8.73. The van der Waals surface area contributed by atoms with E-state index in [1.807, 2.05) is 0 Å². The zero-order chi connectivity index (χ0) is 26.7. The number of nitrogens with one attached hydrogen (secondary N) is 3. The summed E-state index contributed by atoms with van der Waals surface area (Å²) in [7, 11) is 3.24. The summed E-state index contributed by atoms with van der Waals surface area (Å²) in [4.78, 5) is 29.3. The van der Waals surface area contributed by atoms with E-state index in [-0.39, 0.29) is 30.9 Å². The van der Waals surface area contributed by atoms with Crippen LogP contribution in [0.2, 0.25) is 0 Å². The zero-order valence-corrected chi connectivity index (χ0v) is 21.5. The monoisotopic (exact) mass is 528 g/mol. The van der Waals surface area contributed by atoms with E-state index in [1.54, 1.807) is 38.6 Å². The maximum absolute atomic E-state index is 13.6. The number of aromatic amines is 1. The third kappa shape index (κ3) is 7.54. The minimum atomic E-state index is -0.568. The third-order valence-electron chi connectivity index (χ3n) is 5.89. The predicted octanol–water partition coefficient (Wildman–Crippen LogP) is 2.42. The Morgan fingerprint density at radius 1 is 1.08 bits per heavy atom. The van der Waals surface area contributed by atoms with Crippen LogP contribution in [0.1, 0.15) is 12.2 Å². The van der Waals surface area contributed by atoms with Crippen molar-refractivity contribution in [3.8, 4) is 22.6 Å². The number of aromatic nitrogens is 4. The molecule has 0 spiro atoms. The summed E-state index contributed by atoms with van der Waals surface area (Å²) in [6, 6.07) is 7.91. The maximum Gasteiger partial charge on any atom is 0.227 e. The number of anilines is 1. The number of hydrogen-bond acceptors (Lipinski definition) is 9. The van der Waals surface area contributed by atoms with E-state index < -0.39 is 6.29 Å². The van der Waals surface area contributed by atoms with Gasteiger partial charge in [0.25, 0.3) is 0 Å². The molecule has 1 aliphatic heterocycles. The number of halogens is 1. The number of carbonyl (C=O) groups is 1. The normalized spacial score (nSPS) is 17.3. The Kier molecular flexibility index (Phi) is 10.1. The predicted molar refractivity (Wildman–Crippen MR) is 138 cm³/mol. The van der Waals surface area contributed by atoms with Crippen molar-refractivity contribution < 1.29 is 28.1 Å². The minimum absolute atomic E-state index is 0.130. The summed E-state index contributed by atoms with van der Waals surface area (Å²) in [6.07, 6.45) is 2.25. The quantitative estimate of drug-likeness (QED) is 0.286. The molecule has 0 unspecified atom stereocenters. The third-order valence-corrected chi connectivity index (χ3v) is 5.89. The molecule has 1 saturated heterocycles. The van der Waals surface area contributed by atoms with Crippen LogP contribution in [0.4, 0.5) is 10.3 Å². The van der Waals surface area contributed by atoms with Gasteiger partial charge in [0.15, 0.2) is 6.29 Å². The smallest absolute Gasteiger partial charge is 0.227 e. The molecule has 1 aromatic carbocycles. The molecule has 0 bridgehead atoms. The Morgan fingerprint density at radius 3 is 2.58 bits per heavy atom. The summed E-state index contributed by atoms with van der Waals surface area (Å²) >= 11 is 0. The topological polar surface area (TPSA) is 133 Å². The summed E-state index contributed by atoms with van der Waals surface area (Å²) in [5.74, 6) is 0.241. The van der Waals surface area contributed by atoms with E-state index in [1.165, 1.54) is 12.1 Å². The van der Waals surface area contributed by atoms with Gasteiger partial charge in [0.05, 0.1) is 49.2 Å². The van der Waals surface area contributed by atoms with Gasteiger partial charge >= 0.3 is 0 Å². The first-order chi connectivity index (χ1) is 18.6. The molecule has 0 atom stereocenters. The van der Waals surface area contributed by atoms with Gasteiger partial charge in [-0.1, -0.05) is 0 Å². The number of carbonyl (C=O) groups excluding carboxylic acids is 1. The number of hydrogen-bond donors (Lipinski definition) is 3. The van der Waals surface area contributed by atoms with E-state index in [4.69, 9.17) is 23.9 Å². The maximum atomic E-state index is 13.6. The van der Waals surface area contributed by atoms with Gasteiger partial charge in [-0.15, -0.1) is 0 Å². The zero-order valence-electron chi connectivity index (χ0n) is 21.5. The van der Waals surface area contributed by atoms with Crippen molar-refractivity contribution in [1.82, 2.24) is 25.3 Å². The van der Waals surface area contributed by atoms with Crippen molar-refractivity contribution in [2.75, 3.05) is 59.1 Å². The summed E-state index contributed by atoms with van der Waals surface area (Å²) in [5.41, 5.74) is 2.65. The van der Waals surface area contributed by atoms with Gasteiger partial charge in [0.1, 0.15) is 11.6 Å². The summed E-state index contributed by atoms with van der Waals surface area (Å²) < 4.78 is 35.3. The van der Waals surface area contributed by atoms with Crippen LogP contribution in [0, 0.1) is 11.7 Å². The highest BCUT2D eigenvalue weighted by atomic mass is 19.1. The first-order valence-electron chi connectivity index (χ1n) is 12.5. The molecule has 11 nitrogen and oxygen atoms in total. The Balaban J connectivity index is 1.48. The molecule has 12 heteroatoms. The van der Waals surface area contributed by atoms with Crippen molar-refractivity contribution in [2.45, 2.75) is 19.1 Å². The van der Waals surface area contributed by atoms with Crippen molar-refractivity contribution in [2.24, 2.45) is 5.92 Å². The molecule has 0 radical (unpaired) electrons. The number of amides is 1. The average molecular weight is 529 g/mol. The second kappa shape index (κ2) is 13.9. The van der Waals surface area contributed by atoms with E-state index in [0.717, 1.165) is 12.0 Å². The van der Waals surface area contributed by atoms with Gasteiger partial charge in [-0.2, -0.15) is 0 Å². The van der Waals surface area contributed by atoms with Gasteiger partial charge in [-0.3, -0.25) is 4.79 Å². The molecule has 2 aromatic heterocycles. The molecule has 1 fully saturated rings. The van der Waals surface area contributed by atoms with Crippen molar-refractivity contribution in [3.63, 3.8) is 0 Å². The molecule has 0 saturated carbocycles. The molecule has 3 heterocycles. The van der Waals surface area contributed by atoms with Crippen LogP contribution in [0.15, 0.2) is 36.5 Å². The molecular formula is C26H33FN6O5. The molecule has 204 valence electrons. The fraction of sp³-hybridized carbons (Fsp3) is 0.462. The SMILES string of the molecule is COCCCNc1nccc(-c2[nH]c(CC3OCC(C(=O)NCCOC)CO3)nc2-c2ccc(F)cc2)n1. The van der Waals surface area contributed by atoms with E-state index in [9.17, 15) is 9.18 Å². The number of H-pyrrole nitrogens is 1. The minimum Gasteiger partial charge on any atom is -0.385 e. The van der Waals surface area contributed by atoms with Crippen LogP contribution in [0.25, 0.3) is 22.6 Å². The fourth-order valence-corrected chi connectivity index (χ4v) is 3.91. The van der Waals surface area contributed by atoms with Gasteiger partial charge in [-0.25, -0.2) is 19.3 Å². The number of methoxy groups -OCH3 is 2. The van der Waals surface area contributed by atoms with E-state index in [2.05, 4.69) is 25.6 Å². The van der Waals surface area contributed by atoms with E-state index in [0.29, 0.717) is 61.6 Å². The van der Waals surface area contributed by atoms with Crippen LogP contribution in [0.3, 0.4) is 0 Å². The van der Waals surface area contributed by atoms with Crippen LogP contribution < -0.4 is 10.6 Å². The lowest BCUT2D eigenvalue weighted by molar-refractivity contribution is -0.200. The Hall–Kier alpha value is -3.45. The van der Waals surface area contributed by atoms with Crippen LogP contribution in [0.5, 0.6) is 0 Å². The average Bonchev–Trinajstić information content (AvgIpc) is 3.36. The largest absolute Gasteiger partial charge is 0.385 e. The number of rotatable bonds is 13. The molecule has 38 heavy (non-hydrogen) atoms. The lowest BCUT2D eigenvalue weighted by atomic mass is 10.1. The lowest BCUT2D eigenvalue weighted by Crippen LogP contribution is -2.43. The Morgan fingerprint density at radius 2 is 1.84 bits per heavy atom.